The molecule has 3 aliphatic heterocycles. The zero-order valence-electron chi connectivity index (χ0n) is 13.8. The first-order valence-electron chi connectivity index (χ1n) is 8.83. The Morgan fingerprint density at radius 2 is 2.08 bits per heavy atom. The van der Waals surface area contributed by atoms with Crippen molar-refractivity contribution in [3.63, 3.8) is 0 Å². The van der Waals surface area contributed by atoms with Gasteiger partial charge in [0.1, 0.15) is 5.82 Å². The third-order valence-electron chi connectivity index (χ3n) is 6.36. The summed E-state index contributed by atoms with van der Waals surface area (Å²) >= 11 is 1.41. The number of hydrogen-bond acceptors (Lipinski definition) is 3. The summed E-state index contributed by atoms with van der Waals surface area (Å²) in [6.45, 7) is 4.17. The second kappa shape index (κ2) is 5.02. The van der Waals surface area contributed by atoms with Crippen LogP contribution < -0.4 is 5.32 Å². The van der Waals surface area contributed by atoms with Gasteiger partial charge in [-0.15, -0.1) is 11.3 Å². The molecule has 2 bridgehead atoms. The Morgan fingerprint density at radius 1 is 1.33 bits per heavy atom. The maximum absolute atomic E-state index is 13.7. The van der Waals surface area contributed by atoms with Gasteiger partial charge in [0, 0.05) is 15.8 Å². The quantitative estimate of drug-likeness (QED) is 0.901. The molecule has 6 rings (SSSR count). The Kier molecular flexibility index (Phi) is 3.11. The number of benzene rings is 1. The van der Waals surface area contributed by atoms with Gasteiger partial charge in [-0.05, 0) is 69.1 Å². The standard InChI is InChI=1S/C19H21FN2OS/c1-11-14(20)3-2-13-10-15(24-16(11)13)18(23)21-17-12-4-8-22(9-5-12)19(17)6-7-19/h2-3,10,12,17H,4-9H2,1H3,(H,21,23). The Balaban J connectivity index is 1.44. The van der Waals surface area contributed by atoms with Gasteiger partial charge < -0.3 is 5.32 Å². The van der Waals surface area contributed by atoms with Gasteiger partial charge in [0.15, 0.2) is 0 Å². The molecular formula is C19H21FN2OS. The Bertz CT molecular complexity index is 833. The maximum Gasteiger partial charge on any atom is 0.261 e. The zero-order valence-corrected chi connectivity index (χ0v) is 14.6. The van der Waals surface area contributed by atoms with Gasteiger partial charge in [0.25, 0.3) is 5.91 Å². The van der Waals surface area contributed by atoms with Crippen molar-refractivity contribution < 1.29 is 9.18 Å². The minimum Gasteiger partial charge on any atom is -0.346 e. The summed E-state index contributed by atoms with van der Waals surface area (Å²) in [6.07, 6.45) is 4.82. The number of nitrogens with zero attached hydrogens (tertiary/aromatic N) is 1. The SMILES string of the molecule is Cc1c(F)ccc2cc(C(=O)NC3C4CCN(CC4)C34CC4)sc12. The van der Waals surface area contributed by atoms with E-state index in [4.69, 9.17) is 0 Å². The van der Waals surface area contributed by atoms with E-state index < -0.39 is 0 Å². The molecule has 1 amide bonds. The van der Waals surface area contributed by atoms with Crippen molar-refractivity contribution in [3.05, 3.63) is 34.5 Å². The number of nitrogens with one attached hydrogen (secondary N) is 1. The van der Waals surface area contributed by atoms with E-state index in [1.807, 2.05) is 6.07 Å². The topological polar surface area (TPSA) is 32.3 Å². The first-order valence-corrected chi connectivity index (χ1v) is 9.65. The van der Waals surface area contributed by atoms with Crippen LogP contribution in [0.1, 0.15) is 40.9 Å². The fourth-order valence-corrected chi connectivity index (χ4v) is 5.92. The molecule has 3 saturated heterocycles. The highest BCUT2D eigenvalue weighted by molar-refractivity contribution is 7.21. The van der Waals surface area contributed by atoms with Crippen LogP contribution in [-0.4, -0.2) is 35.5 Å². The van der Waals surface area contributed by atoms with Crippen molar-refractivity contribution in [3.8, 4) is 0 Å². The summed E-state index contributed by atoms with van der Waals surface area (Å²) in [5.74, 6) is 0.432. The van der Waals surface area contributed by atoms with Crippen molar-refractivity contribution >= 4 is 27.3 Å². The number of piperidine rings is 3. The maximum atomic E-state index is 13.7. The molecular weight excluding hydrogens is 323 g/mol. The number of carbonyl (C=O) groups is 1. The van der Waals surface area contributed by atoms with Gasteiger partial charge in [0.05, 0.1) is 10.9 Å². The summed E-state index contributed by atoms with van der Waals surface area (Å²) in [6, 6.07) is 5.44. The van der Waals surface area contributed by atoms with Gasteiger partial charge in [-0.25, -0.2) is 4.39 Å². The van der Waals surface area contributed by atoms with Crippen molar-refractivity contribution in [2.24, 2.45) is 5.92 Å². The molecule has 1 aliphatic carbocycles. The lowest BCUT2D eigenvalue weighted by molar-refractivity contribution is -0.00138. The Hall–Kier alpha value is -1.46. The third kappa shape index (κ3) is 2.01. The van der Waals surface area contributed by atoms with Crippen LogP contribution in [0.4, 0.5) is 4.39 Å². The summed E-state index contributed by atoms with van der Waals surface area (Å²) in [7, 11) is 0. The average molecular weight is 344 g/mol. The molecule has 0 radical (unpaired) electrons. The molecule has 1 saturated carbocycles. The fourth-order valence-electron chi connectivity index (χ4n) is 4.86. The second-order valence-corrected chi connectivity index (χ2v) is 8.63. The summed E-state index contributed by atoms with van der Waals surface area (Å²) in [5.41, 5.74) is 0.883. The molecule has 1 aromatic carbocycles. The Labute approximate surface area is 144 Å². The van der Waals surface area contributed by atoms with Crippen LogP contribution in [0, 0.1) is 18.7 Å². The molecule has 4 aliphatic rings. The summed E-state index contributed by atoms with van der Waals surface area (Å²) in [5, 5.41) is 4.31. The van der Waals surface area contributed by atoms with Gasteiger partial charge in [-0.3, -0.25) is 9.69 Å². The molecule has 5 heteroatoms. The number of hydrogen-bond donors (Lipinski definition) is 1. The molecule has 3 nitrogen and oxygen atoms in total. The first kappa shape index (κ1) is 14.8. The van der Waals surface area contributed by atoms with Crippen molar-refractivity contribution in [2.45, 2.75) is 44.2 Å². The van der Waals surface area contributed by atoms with Crippen LogP contribution in [0.15, 0.2) is 18.2 Å². The average Bonchev–Trinajstić information content (AvgIpc) is 3.24. The zero-order chi connectivity index (χ0) is 16.5. The predicted octanol–water partition coefficient (Wildman–Crippen LogP) is 3.71. The van der Waals surface area contributed by atoms with Gasteiger partial charge in [-0.2, -0.15) is 0 Å². The van der Waals surface area contributed by atoms with Crippen molar-refractivity contribution in [2.75, 3.05) is 13.1 Å². The van der Waals surface area contributed by atoms with E-state index in [0.717, 1.165) is 10.1 Å². The van der Waals surface area contributed by atoms with E-state index in [1.165, 1.54) is 56.2 Å². The minimum absolute atomic E-state index is 0.0148. The smallest absolute Gasteiger partial charge is 0.261 e. The van der Waals surface area contributed by atoms with Gasteiger partial charge in [0.2, 0.25) is 0 Å². The number of rotatable bonds is 2. The third-order valence-corrected chi connectivity index (χ3v) is 7.63. The highest BCUT2D eigenvalue weighted by Crippen LogP contribution is 2.53. The first-order chi connectivity index (χ1) is 11.6. The van der Waals surface area contributed by atoms with Crippen LogP contribution in [0.5, 0.6) is 0 Å². The lowest BCUT2D eigenvalue weighted by Gasteiger charge is -2.52. The molecule has 1 atom stereocenters. The lowest BCUT2D eigenvalue weighted by Crippen LogP contribution is -2.65. The Morgan fingerprint density at radius 3 is 2.79 bits per heavy atom. The van der Waals surface area contributed by atoms with E-state index in [2.05, 4.69) is 10.2 Å². The number of carbonyl (C=O) groups excluding carboxylic acids is 1. The molecule has 24 heavy (non-hydrogen) atoms. The number of amides is 1. The molecule has 4 fully saturated rings. The normalized spacial score (nSPS) is 30.0. The predicted molar refractivity (Wildman–Crippen MR) is 94.0 cm³/mol. The minimum atomic E-state index is -0.203. The van der Waals surface area contributed by atoms with Crippen LogP contribution in [-0.2, 0) is 0 Å². The molecule has 4 heterocycles. The van der Waals surface area contributed by atoms with Crippen molar-refractivity contribution in [1.82, 2.24) is 10.2 Å². The summed E-state index contributed by atoms with van der Waals surface area (Å²) in [4.78, 5) is 16.2. The highest BCUT2D eigenvalue weighted by Gasteiger charge is 2.60. The molecule has 2 aromatic rings. The lowest BCUT2D eigenvalue weighted by atomic mass is 9.77. The monoisotopic (exact) mass is 344 g/mol. The number of fused-ring (bicyclic) bond motifs is 3. The van der Waals surface area contributed by atoms with Crippen LogP contribution in [0.25, 0.3) is 10.1 Å². The molecule has 1 N–H and O–H groups in total. The molecule has 1 unspecified atom stereocenters. The molecule has 126 valence electrons. The van der Waals surface area contributed by atoms with Gasteiger partial charge in [-0.1, -0.05) is 6.07 Å². The van der Waals surface area contributed by atoms with Crippen LogP contribution in [0.3, 0.4) is 0 Å². The van der Waals surface area contributed by atoms with Gasteiger partial charge >= 0.3 is 0 Å². The molecule has 1 spiro atoms. The van der Waals surface area contributed by atoms with Crippen molar-refractivity contribution in [1.29, 1.82) is 0 Å². The summed E-state index contributed by atoms with van der Waals surface area (Å²) < 4.78 is 14.6. The number of aryl methyl sites for hydroxylation is 1. The molecule has 1 aromatic heterocycles. The van der Waals surface area contributed by atoms with E-state index in [0.29, 0.717) is 16.4 Å². The van der Waals surface area contributed by atoms with E-state index in [9.17, 15) is 9.18 Å². The van der Waals surface area contributed by atoms with Crippen LogP contribution >= 0.6 is 11.3 Å². The van der Waals surface area contributed by atoms with E-state index in [1.54, 1.807) is 13.0 Å². The number of halogens is 1. The van der Waals surface area contributed by atoms with E-state index in [-0.39, 0.29) is 23.3 Å². The second-order valence-electron chi connectivity index (χ2n) is 7.58. The van der Waals surface area contributed by atoms with E-state index >= 15 is 0 Å². The number of thiophene rings is 1. The largest absolute Gasteiger partial charge is 0.346 e. The fraction of sp³-hybridized carbons (Fsp3) is 0.526. The highest BCUT2D eigenvalue weighted by atomic mass is 32.1. The van der Waals surface area contributed by atoms with Crippen LogP contribution in [0.2, 0.25) is 0 Å².